The number of urea groups is 1. The number of piperazine rings is 1. The summed E-state index contributed by atoms with van der Waals surface area (Å²) in [6, 6.07) is -0.0428. The number of nitrogens with zero attached hydrogens (tertiary/aromatic N) is 6. The van der Waals surface area contributed by atoms with E-state index in [1.165, 1.54) is 4.90 Å². The normalized spacial score (nSPS) is 15.0. The molecule has 0 aromatic carbocycles. The molecule has 0 radical (unpaired) electrons. The molecule has 0 spiro atoms. The van der Waals surface area contributed by atoms with Gasteiger partial charge in [0.2, 0.25) is 11.8 Å². The molecule has 0 aliphatic carbocycles. The van der Waals surface area contributed by atoms with Gasteiger partial charge in [0.15, 0.2) is 0 Å². The summed E-state index contributed by atoms with van der Waals surface area (Å²) in [7, 11) is 3.41. The molecular weight excluding hydrogens is 278 g/mol. The number of nitrogens with two attached hydrogens (primary N) is 1. The van der Waals surface area contributed by atoms with Crippen LogP contribution < -0.4 is 10.6 Å². The van der Waals surface area contributed by atoms with Gasteiger partial charge in [0.25, 0.3) is 0 Å². The predicted octanol–water partition coefficient (Wildman–Crippen LogP) is -0.229. The van der Waals surface area contributed by atoms with Crippen LogP contribution in [-0.4, -0.2) is 71.0 Å². The second-order valence-corrected chi connectivity index (χ2v) is 4.85. The van der Waals surface area contributed by atoms with E-state index in [0.29, 0.717) is 32.1 Å². The summed E-state index contributed by atoms with van der Waals surface area (Å²) < 4.78 is 0. The van der Waals surface area contributed by atoms with Gasteiger partial charge in [-0.2, -0.15) is 4.98 Å². The van der Waals surface area contributed by atoms with Crippen LogP contribution in [0, 0.1) is 10.1 Å². The highest BCUT2D eigenvalue weighted by Gasteiger charge is 2.24. The molecule has 0 unspecified atom stereocenters. The lowest BCUT2D eigenvalue weighted by Crippen LogP contribution is -2.51. The van der Waals surface area contributed by atoms with E-state index in [9.17, 15) is 14.9 Å². The van der Waals surface area contributed by atoms with Gasteiger partial charge in [0.05, 0.1) is 4.92 Å². The van der Waals surface area contributed by atoms with Gasteiger partial charge in [-0.05, 0) is 0 Å². The molecule has 114 valence electrons. The van der Waals surface area contributed by atoms with E-state index in [2.05, 4.69) is 9.97 Å². The number of hydrogen-bond donors (Lipinski definition) is 1. The first-order chi connectivity index (χ1) is 9.90. The zero-order valence-corrected chi connectivity index (χ0v) is 11.9. The van der Waals surface area contributed by atoms with Crippen LogP contribution in [0.4, 0.5) is 22.2 Å². The number of nitrogen functional groups attached to an aromatic ring is 1. The fourth-order valence-corrected chi connectivity index (χ4v) is 2.05. The summed E-state index contributed by atoms with van der Waals surface area (Å²) in [5, 5.41) is 10.7. The smallest absolute Gasteiger partial charge is 0.329 e. The Bertz CT molecular complexity index is 555. The Morgan fingerprint density at radius 1 is 1.38 bits per heavy atom. The maximum Gasteiger partial charge on any atom is 0.329 e. The molecule has 2 rings (SSSR count). The van der Waals surface area contributed by atoms with Gasteiger partial charge < -0.3 is 20.4 Å². The van der Waals surface area contributed by atoms with Crippen molar-refractivity contribution in [2.75, 3.05) is 50.9 Å². The zero-order valence-electron chi connectivity index (χ0n) is 11.9. The fourth-order valence-electron chi connectivity index (χ4n) is 2.05. The Morgan fingerprint density at radius 3 is 2.48 bits per heavy atom. The molecule has 0 saturated carbocycles. The molecule has 1 saturated heterocycles. The molecule has 1 aliphatic rings. The SMILES string of the molecule is CN(C)C(=O)N1CCN(c2ncc([N+](=O)[O-])c(N)n2)CC1. The summed E-state index contributed by atoms with van der Waals surface area (Å²) in [6.07, 6.45) is 1.11. The highest BCUT2D eigenvalue weighted by Crippen LogP contribution is 2.21. The van der Waals surface area contributed by atoms with Gasteiger partial charge in [0, 0.05) is 40.3 Å². The van der Waals surface area contributed by atoms with E-state index in [0.717, 1.165) is 6.20 Å². The van der Waals surface area contributed by atoms with E-state index in [1.54, 1.807) is 19.0 Å². The first-order valence-electron chi connectivity index (χ1n) is 6.38. The van der Waals surface area contributed by atoms with Crippen molar-refractivity contribution in [2.24, 2.45) is 0 Å². The van der Waals surface area contributed by atoms with Crippen LogP contribution in [0.25, 0.3) is 0 Å². The van der Waals surface area contributed by atoms with E-state index in [-0.39, 0.29) is 17.5 Å². The first-order valence-corrected chi connectivity index (χ1v) is 6.38. The van der Waals surface area contributed by atoms with Crippen molar-refractivity contribution < 1.29 is 9.72 Å². The number of carbonyl (C=O) groups is 1. The predicted molar refractivity (Wildman–Crippen MR) is 76.0 cm³/mol. The number of amides is 2. The molecule has 1 aromatic rings. The monoisotopic (exact) mass is 295 g/mol. The minimum absolute atomic E-state index is 0.0428. The number of carbonyl (C=O) groups excluding carboxylic acids is 1. The summed E-state index contributed by atoms with van der Waals surface area (Å²) in [5.74, 6) is 0.187. The Kier molecular flexibility index (Phi) is 4.05. The van der Waals surface area contributed by atoms with Crippen molar-refractivity contribution in [2.45, 2.75) is 0 Å². The second-order valence-electron chi connectivity index (χ2n) is 4.85. The quantitative estimate of drug-likeness (QED) is 0.590. The van der Waals surface area contributed by atoms with Crippen LogP contribution in [-0.2, 0) is 0 Å². The molecule has 1 fully saturated rings. The van der Waals surface area contributed by atoms with Crippen LogP contribution in [0.15, 0.2) is 6.20 Å². The van der Waals surface area contributed by atoms with E-state index in [4.69, 9.17) is 5.73 Å². The summed E-state index contributed by atoms with van der Waals surface area (Å²) >= 11 is 0. The molecule has 2 N–H and O–H groups in total. The van der Waals surface area contributed by atoms with Crippen molar-refractivity contribution in [3.8, 4) is 0 Å². The lowest BCUT2D eigenvalue weighted by atomic mass is 10.3. The fraction of sp³-hybridized carbons (Fsp3) is 0.545. The number of anilines is 2. The summed E-state index contributed by atoms with van der Waals surface area (Å²) in [5.41, 5.74) is 5.25. The van der Waals surface area contributed by atoms with Crippen molar-refractivity contribution in [3.63, 3.8) is 0 Å². The minimum Gasteiger partial charge on any atom is -0.378 e. The van der Waals surface area contributed by atoms with Gasteiger partial charge in [-0.3, -0.25) is 10.1 Å². The Hall–Kier alpha value is -2.65. The minimum atomic E-state index is -0.618. The van der Waals surface area contributed by atoms with Crippen molar-refractivity contribution in [1.82, 2.24) is 19.8 Å². The average molecular weight is 295 g/mol. The number of hydrogen-bond acceptors (Lipinski definition) is 7. The number of aromatic nitrogens is 2. The van der Waals surface area contributed by atoms with Crippen LogP contribution in [0.1, 0.15) is 0 Å². The van der Waals surface area contributed by atoms with E-state index >= 15 is 0 Å². The van der Waals surface area contributed by atoms with Gasteiger partial charge in [-0.1, -0.05) is 0 Å². The Balaban J connectivity index is 2.04. The number of nitro groups is 1. The van der Waals surface area contributed by atoms with Gasteiger partial charge in [0.1, 0.15) is 6.20 Å². The van der Waals surface area contributed by atoms with Crippen LogP contribution in [0.3, 0.4) is 0 Å². The molecule has 2 heterocycles. The summed E-state index contributed by atoms with van der Waals surface area (Å²) in [4.78, 5) is 34.9. The third kappa shape index (κ3) is 3.09. The zero-order chi connectivity index (χ0) is 15.6. The summed E-state index contributed by atoms with van der Waals surface area (Å²) in [6.45, 7) is 2.18. The maximum absolute atomic E-state index is 11.8. The van der Waals surface area contributed by atoms with Crippen molar-refractivity contribution >= 4 is 23.5 Å². The highest BCUT2D eigenvalue weighted by atomic mass is 16.6. The largest absolute Gasteiger partial charge is 0.378 e. The highest BCUT2D eigenvalue weighted by molar-refractivity contribution is 5.74. The lowest BCUT2D eigenvalue weighted by molar-refractivity contribution is -0.384. The molecule has 10 nitrogen and oxygen atoms in total. The molecule has 10 heteroatoms. The first kappa shape index (κ1) is 14.8. The topological polar surface area (TPSA) is 122 Å². The molecule has 1 aromatic heterocycles. The van der Waals surface area contributed by atoms with Gasteiger partial charge >= 0.3 is 11.7 Å². The van der Waals surface area contributed by atoms with Crippen molar-refractivity contribution in [3.05, 3.63) is 16.3 Å². The average Bonchev–Trinajstić information content (AvgIpc) is 2.46. The van der Waals surface area contributed by atoms with Crippen LogP contribution >= 0.6 is 0 Å². The van der Waals surface area contributed by atoms with E-state index < -0.39 is 4.92 Å². The lowest BCUT2D eigenvalue weighted by Gasteiger charge is -2.35. The maximum atomic E-state index is 11.8. The van der Waals surface area contributed by atoms with Gasteiger partial charge in [-0.15, -0.1) is 0 Å². The Morgan fingerprint density at radius 2 is 2.00 bits per heavy atom. The molecule has 0 bridgehead atoms. The van der Waals surface area contributed by atoms with Crippen LogP contribution in [0.5, 0.6) is 0 Å². The van der Waals surface area contributed by atoms with Crippen molar-refractivity contribution in [1.29, 1.82) is 0 Å². The molecular formula is C11H17N7O3. The molecule has 0 atom stereocenters. The molecule has 2 amide bonds. The molecule has 21 heavy (non-hydrogen) atoms. The number of rotatable bonds is 2. The third-order valence-electron chi connectivity index (χ3n) is 3.20. The van der Waals surface area contributed by atoms with Crippen LogP contribution in [0.2, 0.25) is 0 Å². The standard InChI is InChI=1S/C11H17N7O3/c1-15(2)11(19)17-5-3-16(4-6-17)10-13-7-8(18(20)21)9(12)14-10/h7H,3-6H2,1-2H3,(H2,12,13,14). The Labute approximate surface area is 121 Å². The molecule has 1 aliphatic heterocycles. The van der Waals surface area contributed by atoms with E-state index in [1.807, 2.05) is 4.90 Å². The van der Waals surface area contributed by atoms with Gasteiger partial charge in [-0.25, -0.2) is 9.78 Å². The second kappa shape index (κ2) is 5.77. The third-order valence-corrected chi connectivity index (χ3v) is 3.20.